The summed E-state index contributed by atoms with van der Waals surface area (Å²) in [5, 5.41) is 12.8. The fourth-order valence-electron chi connectivity index (χ4n) is 3.07. The summed E-state index contributed by atoms with van der Waals surface area (Å²) in [4.78, 5) is 18.8. The molecule has 1 aliphatic heterocycles. The first-order chi connectivity index (χ1) is 13.0. The maximum atomic E-state index is 12.7. The van der Waals surface area contributed by atoms with E-state index in [-0.39, 0.29) is 17.9 Å². The largest absolute Gasteiger partial charge is 0.336 e. The standard InChI is InChI=1S/C18H19ClN6O2/c1-11(2)16-20-17(27-22-16)15-10-25(23-21-15)14-6-7-24(9-14)18(26)12-4-3-5-13(19)8-12/h3-5,8,10-11,14H,6-7,9H2,1-2H3/t14-/m1/s1. The van der Waals surface area contributed by atoms with Crippen LogP contribution in [0.5, 0.6) is 0 Å². The van der Waals surface area contributed by atoms with Crippen LogP contribution in [-0.4, -0.2) is 49.0 Å². The zero-order valence-electron chi connectivity index (χ0n) is 15.0. The van der Waals surface area contributed by atoms with Gasteiger partial charge in [0.25, 0.3) is 11.8 Å². The van der Waals surface area contributed by atoms with Crippen molar-refractivity contribution in [3.63, 3.8) is 0 Å². The predicted molar refractivity (Wildman–Crippen MR) is 98.4 cm³/mol. The molecule has 1 aliphatic rings. The van der Waals surface area contributed by atoms with Gasteiger partial charge >= 0.3 is 0 Å². The number of benzene rings is 1. The summed E-state index contributed by atoms with van der Waals surface area (Å²) in [6.45, 7) is 5.21. The van der Waals surface area contributed by atoms with Crippen LogP contribution >= 0.6 is 11.6 Å². The third kappa shape index (κ3) is 3.57. The minimum Gasteiger partial charge on any atom is -0.336 e. The van der Waals surface area contributed by atoms with E-state index in [1.165, 1.54) is 0 Å². The van der Waals surface area contributed by atoms with Crippen molar-refractivity contribution < 1.29 is 9.32 Å². The molecule has 0 N–H and O–H groups in total. The van der Waals surface area contributed by atoms with E-state index in [1.54, 1.807) is 40.0 Å². The number of carbonyl (C=O) groups excluding carboxylic acids is 1. The van der Waals surface area contributed by atoms with Gasteiger partial charge in [-0.2, -0.15) is 4.98 Å². The lowest BCUT2D eigenvalue weighted by Gasteiger charge is -2.16. The van der Waals surface area contributed by atoms with E-state index in [1.807, 2.05) is 13.8 Å². The maximum absolute atomic E-state index is 12.7. The molecular weight excluding hydrogens is 368 g/mol. The summed E-state index contributed by atoms with van der Waals surface area (Å²) in [6, 6.07) is 7.05. The van der Waals surface area contributed by atoms with Crippen LogP contribution in [0.4, 0.5) is 0 Å². The smallest absolute Gasteiger partial charge is 0.280 e. The molecule has 27 heavy (non-hydrogen) atoms. The lowest BCUT2D eigenvalue weighted by Crippen LogP contribution is -2.29. The summed E-state index contributed by atoms with van der Waals surface area (Å²) in [5.41, 5.74) is 1.13. The fraction of sp³-hybridized carbons (Fsp3) is 0.389. The molecule has 1 amide bonds. The molecule has 0 aliphatic carbocycles. The Morgan fingerprint density at radius 3 is 2.96 bits per heavy atom. The van der Waals surface area contributed by atoms with Crippen LogP contribution < -0.4 is 0 Å². The van der Waals surface area contributed by atoms with Gasteiger partial charge in [-0.1, -0.05) is 41.9 Å². The zero-order valence-corrected chi connectivity index (χ0v) is 15.8. The number of hydrogen-bond acceptors (Lipinski definition) is 6. The van der Waals surface area contributed by atoms with Crippen molar-refractivity contribution >= 4 is 17.5 Å². The molecule has 1 saturated heterocycles. The normalized spacial score (nSPS) is 17.0. The number of rotatable bonds is 4. The molecule has 2 aromatic heterocycles. The van der Waals surface area contributed by atoms with E-state index in [0.29, 0.717) is 41.1 Å². The number of hydrogen-bond donors (Lipinski definition) is 0. The van der Waals surface area contributed by atoms with E-state index in [4.69, 9.17) is 16.1 Å². The van der Waals surface area contributed by atoms with E-state index in [2.05, 4.69) is 20.5 Å². The number of aromatic nitrogens is 5. The summed E-state index contributed by atoms with van der Waals surface area (Å²) in [6.07, 6.45) is 2.59. The minimum absolute atomic E-state index is 0.0289. The fourth-order valence-corrected chi connectivity index (χ4v) is 3.26. The number of amides is 1. The Kier molecular flexibility index (Phi) is 4.65. The number of likely N-dealkylation sites (tertiary alicyclic amines) is 1. The van der Waals surface area contributed by atoms with Crippen LogP contribution in [0.3, 0.4) is 0 Å². The molecule has 1 atom stereocenters. The Hall–Kier alpha value is -2.74. The molecule has 1 fully saturated rings. The van der Waals surface area contributed by atoms with E-state index < -0.39 is 0 Å². The first-order valence-corrected chi connectivity index (χ1v) is 9.19. The van der Waals surface area contributed by atoms with Crippen molar-refractivity contribution in [3.05, 3.63) is 46.9 Å². The van der Waals surface area contributed by atoms with Crippen molar-refractivity contribution in [1.82, 2.24) is 30.0 Å². The number of carbonyl (C=O) groups is 1. The molecule has 1 aromatic carbocycles. The summed E-state index contributed by atoms with van der Waals surface area (Å²) >= 11 is 5.99. The molecule has 0 spiro atoms. The highest BCUT2D eigenvalue weighted by Crippen LogP contribution is 2.25. The lowest BCUT2D eigenvalue weighted by molar-refractivity contribution is 0.0787. The highest BCUT2D eigenvalue weighted by molar-refractivity contribution is 6.30. The van der Waals surface area contributed by atoms with E-state index in [9.17, 15) is 4.79 Å². The van der Waals surface area contributed by atoms with Gasteiger partial charge in [-0.15, -0.1) is 5.10 Å². The molecule has 0 unspecified atom stereocenters. The zero-order chi connectivity index (χ0) is 19.0. The van der Waals surface area contributed by atoms with Crippen LogP contribution in [0, 0.1) is 0 Å². The van der Waals surface area contributed by atoms with Crippen molar-refractivity contribution in [2.45, 2.75) is 32.2 Å². The average Bonchev–Trinajstić information content (AvgIpc) is 3.39. The molecule has 4 rings (SSSR count). The first kappa shape index (κ1) is 17.7. The van der Waals surface area contributed by atoms with Gasteiger partial charge in [0.15, 0.2) is 11.5 Å². The van der Waals surface area contributed by atoms with Crippen LogP contribution in [-0.2, 0) is 0 Å². The molecule has 3 heterocycles. The van der Waals surface area contributed by atoms with Gasteiger partial charge in [0.2, 0.25) is 0 Å². The van der Waals surface area contributed by atoms with Crippen LogP contribution in [0.2, 0.25) is 5.02 Å². The van der Waals surface area contributed by atoms with E-state index in [0.717, 1.165) is 6.42 Å². The average molecular weight is 387 g/mol. The first-order valence-electron chi connectivity index (χ1n) is 8.82. The van der Waals surface area contributed by atoms with Gasteiger partial charge in [-0.25, -0.2) is 4.68 Å². The highest BCUT2D eigenvalue weighted by Gasteiger charge is 2.29. The van der Waals surface area contributed by atoms with E-state index >= 15 is 0 Å². The van der Waals surface area contributed by atoms with Gasteiger partial charge < -0.3 is 9.42 Å². The minimum atomic E-state index is -0.0289. The summed E-state index contributed by atoms with van der Waals surface area (Å²) in [7, 11) is 0. The summed E-state index contributed by atoms with van der Waals surface area (Å²) in [5.74, 6) is 1.14. The molecule has 3 aromatic rings. The van der Waals surface area contributed by atoms with Crippen molar-refractivity contribution in [3.8, 4) is 11.6 Å². The Balaban J connectivity index is 1.46. The second kappa shape index (κ2) is 7.11. The van der Waals surface area contributed by atoms with Gasteiger partial charge in [-0.3, -0.25) is 4.79 Å². The topological polar surface area (TPSA) is 89.9 Å². The number of halogens is 1. The monoisotopic (exact) mass is 386 g/mol. The number of nitrogens with zero attached hydrogens (tertiary/aromatic N) is 6. The quantitative estimate of drug-likeness (QED) is 0.684. The van der Waals surface area contributed by atoms with Gasteiger partial charge in [0, 0.05) is 29.6 Å². The van der Waals surface area contributed by atoms with Crippen LogP contribution in [0.15, 0.2) is 35.0 Å². The Bertz CT molecular complexity index is 966. The van der Waals surface area contributed by atoms with Gasteiger partial charge in [0.05, 0.1) is 12.2 Å². The highest BCUT2D eigenvalue weighted by atomic mass is 35.5. The molecular formula is C18H19ClN6O2. The van der Waals surface area contributed by atoms with Crippen molar-refractivity contribution in [2.75, 3.05) is 13.1 Å². The molecule has 0 bridgehead atoms. The Morgan fingerprint density at radius 2 is 2.22 bits per heavy atom. The maximum Gasteiger partial charge on any atom is 0.280 e. The molecule has 0 radical (unpaired) electrons. The third-order valence-electron chi connectivity index (χ3n) is 4.58. The molecule has 9 heteroatoms. The van der Waals surface area contributed by atoms with Crippen molar-refractivity contribution in [2.24, 2.45) is 0 Å². The molecule has 8 nitrogen and oxygen atoms in total. The van der Waals surface area contributed by atoms with Gasteiger partial charge in [-0.05, 0) is 24.6 Å². The Labute approximate surface area is 161 Å². The predicted octanol–water partition coefficient (Wildman–Crippen LogP) is 3.19. The van der Waals surface area contributed by atoms with Gasteiger partial charge in [0.1, 0.15) is 0 Å². The van der Waals surface area contributed by atoms with Crippen LogP contribution in [0.25, 0.3) is 11.6 Å². The third-order valence-corrected chi connectivity index (χ3v) is 4.82. The van der Waals surface area contributed by atoms with Crippen molar-refractivity contribution in [1.29, 1.82) is 0 Å². The lowest BCUT2D eigenvalue weighted by atomic mass is 10.2. The second-order valence-corrected chi connectivity index (χ2v) is 7.34. The SMILES string of the molecule is CC(C)c1noc(-c2cn([C@@H]3CCN(C(=O)c4cccc(Cl)c4)C3)nn2)n1. The van der Waals surface area contributed by atoms with Crippen LogP contribution in [0.1, 0.15) is 48.4 Å². The summed E-state index contributed by atoms with van der Waals surface area (Å²) < 4.78 is 7.03. The molecule has 140 valence electrons. The second-order valence-electron chi connectivity index (χ2n) is 6.90. The molecule has 0 saturated carbocycles. The Morgan fingerprint density at radius 1 is 1.37 bits per heavy atom.